The number of anilines is 2. The average molecular weight is 371 g/mol. The number of methoxy groups -OCH3 is 1. The summed E-state index contributed by atoms with van der Waals surface area (Å²) in [5.41, 5.74) is 5.16. The standard InChI is InChI=1S/C23H21N3O2/c1-3-22(27)23-18(19-14-25-20-9-5-4-7-17(19)20)8-6-10-21(23)26-15-11-16(28-2)13-24-12-15/h4-14,25-26H,3H2,1-2H3. The van der Waals surface area contributed by atoms with Crippen LogP contribution in [0.25, 0.3) is 22.0 Å². The zero-order valence-corrected chi connectivity index (χ0v) is 15.8. The Hall–Kier alpha value is -3.60. The molecule has 28 heavy (non-hydrogen) atoms. The highest BCUT2D eigenvalue weighted by Gasteiger charge is 2.18. The van der Waals surface area contributed by atoms with Crippen LogP contribution in [0.3, 0.4) is 0 Å². The minimum Gasteiger partial charge on any atom is -0.495 e. The summed E-state index contributed by atoms with van der Waals surface area (Å²) in [6, 6.07) is 15.8. The zero-order chi connectivity index (χ0) is 19.5. The molecule has 4 aromatic rings. The lowest BCUT2D eigenvalue weighted by molar-refractivity contribution is 0.0989. The Kier molecular flexibility index (Phi) is 4.81. The first-order valence-corrected chi connectivity index (χ1v) is 9.20. The number of aromatic nitrogens is 2. The number of benzene rings is 2. The molecule has 4 rings (SSSR count). The van der Waals surface area contributed by atoms with Gasteiger partial charge in [-0.05, 0) is 17.7 Å². The van der Waals surface area contributed by atoms with Crippen LogP contribution in [-0.2, 0) is 0 Å². The molecule has 2 aromatic heterocycles. The maximum Gasteiger partial charge on any atom is 0.165 e. The van der Waals surface area contributed by atoms with Crippen LogP contribution in [-0.4, -0.2) is 22.9 Å². The van der Waals surface area contributed by atoms with E-state index in [-0.39, 0.29) is 5.78 Å². The molecule has 0 bridgehead atoms. The van der Waals surface area contributed by atoms with E-state index in [0.717, 1.165) is 33.4 Å². The molecule has 0 fully saturated rings. The minimum atomic E-state index is 0.0826. The second-order valence-electron chi connectivity index (χ2n) is 6.49. The molecule has 0 amide bonds. The van der Waals surface area contributed by atoms with Crippen molar-refractivity contribution in [3.63, 3.8) is 0 Å². The fourth-order valence-electron chi connectivity index (χ4n) is 3.41. The number of nitrogens with one attached hydrogen (secondary N) is 2. The number of H-pyrrole nitrogens is 1. The maximum absolute atomic E-state index is 12.9. The summed E-state index contributed by atoms with van der Waals surface area (Å²) >= 11 is 0. The molecule has 0 spiro atoms. The Morgan fingerprint density at radius 3 is 2.79 bits per heavy atom. The fraction of sp³-hybridized carbons (Fsp3) is 0.130. The van der Waals surface area contributed by atoms with Crippen molar-refractivity contribution < 1.29 is 9.53 Å². The number of para-hydroxylation sites is 1. The summed E-state index contributed by atoms with van der Waals surface area (Å²) in [6.07, 6.45) is 5.74. The Morgan fingerprint density at radius 2 is 1.96 bits per heavy atom. The molecule has 0 aliphatic carbocycles. The van der Waals surface area contributed by atoms with Crippen LogP contribution in [0.15, 0.2) is 67.1 Å². The molecular weight excluding hydrogens is 350 g/mol. The third-order valence-corrected chi connectivity index (χ3v) is 4.77. The van der Waals surface area contributed by atoms with Gasteiger partial charge in [0.25, 0.3) is 0 Å². The predicted molar refractivity (Wildman–Crippen MR) is 112 cm³/mol. The van der Waals surface area contributed by atoms with Gasteiger partial charge >= 0.3 is 0 Å². The van der Waals surface area contributed by atoms with E-state index in [9.17, 15) is 4.79 Å². The normalized spacial score (nSPS) is 10.8. The number of carbonyl (C=O) groups excluding carboxylic acids is 1. The molecule has 2 aromatic carbocycles. The van der Waals surface area contributed by atoms with Crippen molar-refractivity contribution in [3.8, 4) is 16.9 Å². The van der Waals surface area contributed by atoms with Crippen LogP contribution < -0.4 is 10.1 Å². The van der Waals surface area contributed by atoms with E-state index in [2.05, 4.69) is 21.4 Å². The predicted octanol–water partition coefficient (Wildman–Crippen LogP) is 5.57. The Balaban J connectivity index is 1.86. The van der Waals surface area contributed by atoms with E-state index in [0.29, 0.717) is 17.7 Å². The zero-order valence-electron chi connectivity index (χ0n) is 15.8. The number of fused-ring (bicyclic) bond motifs is 1. The first kappa shape index (κ1) is 17.8. The Bertz CT molecular complexity index is 1150. The van der Waals surface area contributed by atoms with E-state index in [4.69, 9.17) is 4.74 Å². The Labute approximate surface area is 163 Å². The first-order valence-electron chi connectivity index (χ1n) is 9.20. The van der Waals surface area contributed by atoms with Gasteiger partial charge in [0, 0.05) is 40.7 Å². The highest BCUT2D eigenvalue weighted by molar-refractivity contribution is 6.10. The van der Waals surface area contributed by atoms with Crippen molar-refractivity contribution in [2.75, 3.05) is 12.4 Å². The van der Waals surface area contributed by atoms with Crippen molar-refractivity contribution in [2.45, 2.75) is 13.3 Å². The number of nitrogens with zero attached hydrogens (tertiary/aromatic N) is 1. The largest absolute Gasteiger partial charge is 0.495 e. The number of ketones is 1. The quantitative estimate of drug-likeness (QED) is 0.435. The lowest BCUT2D eigenvalue weighted by Gasteiger charge is -2.15. The van der Waals surface area contributed by atoms with Crippen LogP contribution >= 0.6 is 0 Å². The second kappa shape index (κ2) is 7.56. The van der Waals surface area contributed by atoms with Gasteiger partial charge in [0.1, 0.15) is 5.75 Å². The molecule has 0 saturated heterocycles. The summed E-state index contributed by atoms with van der Waals surface area (Å²) in [5, 5.41) is 4.43. The topological polar surface area (TPSA) is 67.0 Å². The first-order chi connectivity index (χ1) is 13.7. The van der Waals surface area contributed by atoms with Gasteiger partial charge in [0.05, 0.1) is 30.9 Å². The van der Waals surface area contributed by atoms with Crippen molar-refractivity contribution in [1.29, 1.82) is 0 Å². The van der Waals surface area contributed by atoms with Gasteiger partial charge in [-0.3, -0.25) is 9.78 Å². The molecule has 0 radical (unpaired) electrons. The molecular formula is C23H21N3O2. The number of Topliss-reactive ketones (excluding diaryl/α,β-unsaturated/α-hetero) is 1. The van der Waals surface area contributed by atoms with Gasteiger partial charge in [-0.15, -0.1) is 0 Å². The van der Waals surface area contributed by atoms with Gasteiger partial charge in [-0.1, -0.05) is 37.3 Å². The minimum absolute atomic E-state index is 0.0826. The van der Waals surface area contributed by atoms with Gasteiger partial charge in [-0.25, -0.2) is 0 Å². The van der Waals surface area contributed by atoms with E-state index < -0.39 is 0 Å². The highest BCUT2D eigenvalue weighted by Crippen LogP contribution is 2.36. The van der Waals surface area contributed by atoms with Crippen molar-refractivity contribution in [1.82, 2.24) is 9.97 Å². The SMILES string of the molecule is CCC(=O)c1c(Nc2cncc(OC)c2)cccc1-c1c[nH]c2ccccc12. The molecule has 0 aliphatic rings. The van der Waals surface area contributed by atoms with Crippen molar-refractivity contribution >= 4 is 28.1 Å². The second-order valence-corrected chi connectivity index (χ2v) is 6.49. The molecule has 2 N–H and O–H groups in total. The smallest absolute Gasteiger partial charge is 0.165 e. The van der Waals surface area contributed by atoms with Crippen molar-refractivity contribution in [3.05, 3.63) is 72.7 Å². The molecule has 140 valence electrons. The molecule has 2 heterocycles. The highest BCUT2D eigenvalue weighted by atomic mass is 16.5. The van der Waals surface area contributed by atoms with E-state index in [1.54, 1.807) is 19.5 Å². The Morgan fingerprint density at radius 1 is 1.11 bits per heavy atom. The number of rotatable bonds is 6. The van der Waals surface area contributed by atoms with Gasteiger partial charge in [0.15, 0.2) is 5.78 Å². The number of ether oxygens (including phenoxy) is 1. The lowest BCUT2D eigenvalue weighted by atomic mass is 9.94. The van der Waals surface area contributed by atoms with Crippen LogP contribution in [0.1, 0.15) is 23.7 Å². The lowest BCUT2D eigenvalue weighted by Crippen LogP contribution is -2.05. The van der Waals surface area contributed by atoms with E-state index in [1.165, 1.54) is 0 Å². The fourth-order valence-corrected chi connectivity index (χ4v) is 3.41. The molecule has 0 aliphatic heterocycles. The number of aromatic amines is 1. The maximum atomic E-state index is 12.9. The summed E-state index contributed by atoms with van der Waals surface area (Å²) in [4.78, 5) is 20.4. The molecule has 0 saturated carbocycles. The molecule has 0 atom stereocenters. The number of pyridine rings is 1. The number of hydrogen-bond acceptors (Lipinski definition) is 4. The third-order valence-electron chi connectivity index (χ3n) is 4.77. The summed E-state index contributed by atoms with van der Waals surface area (Å²) in [5.74, 6) is 0.736. The van der Waals surface area contributed by atoms with Crippen LogP contribution in [0.4, 0.5) is 11.4 Å². The van der Waals surface area contributed by atoms with Gasteiger partial charge in [-0.2, -0.15) is 0 Å². The summed E-state index contributed by atoms with van der Waals surface area (Å²) in [6.45, 7) is 1.88. The molecule has 5 heteroatoms. The number of carbonyl (C=O) groups is 1. The average Bonchev–Trinajstić information content (AvgIpc) is 3.17. The van der Waals surface area contributed by atoms with E-state index in [1.807, 2.05) is 55.6 Å². The third kappa shape index (κ3) is 3.22. The molecule has 5 nitrogen and oxygen atoms in total. The van der Waals surface area contributed by atoms with Gasteiger partial charge in [0.2, 0.25) is 0 Å². The van der Waals surface area contributed by atoms with Crippen LogP contribution in [0.2, 0.25) is 0 Å². The van der Waals surface area contributed by atoms with E-state index >= 15 is 0 Å². The molecule has 0 unspecified atom stereocenters. The summed E-state index contributed by atoms with van der Waals surface area (Å²) in [7, 11) is 1.60. The number of hydrogen-bond donors (Lipinski definition) is 2. The van der Waals surface area contributed by atoms with Gasteiger partial charge < -0.3 is 15.0 Å². The van der Waals surface area contributed by atoms with Crippen LogP contribution in [0, 0.1) is 0 Å². The monoisotopic (exact) mass is 371 g/mol. The van der Waals surface area contributed by atoms with Crippen LogP contribution in [0.5, 0.6) is 5.75 Å². The van der Waals surface area contributed by atoms with Crippen molar-refractivity contribution in [2.24, 2.45) is 0 Å². The summed E-state index contributed by atoms with van der Waals surface area (Å²) < 4.78 is 5.25.